The second-order valence-corrected chi connectivity index (χ2v) is 5.00. The molecule has 100 valence electrons. The summed E-state index contributed by atoms with van der Waals surface area (Å²) in [7, 11) is 0. The number of hydrogen-bond donors (Lipinski definition) is 1. The Morgan fingerprint density at radius 1 is 1.25 bits per heavy atom. The number of carbonyl (C=O) groups is 1. The average molecular weight is 333 g/mol. The standard InChI is InChI=1S/C14H9BrN2O3/c15-9-3-5-10(6-4-9)17-12(13-2-1-7-20-13)8-11(16-17)14(18)19/h1-8H,(H,18,19). The smallest absolute Gasteiger partial charge is 0.356 e. The third-order valence-corrected chi connectivity index (χ3v) is 3.30. The molecule has 3 rings (SSSR count). The van der Waals surface area contributed by atoms with Gasteiger partial charge >= 0.3 is 5.97 Å². The van der Waals surface area contributed by atoms with E-state index in [1.165, 1.54) is 12.3 Å². The van der Waals surface area contributed by atoms with E-state index in [0.29, 0.717) is 11.5 Å². The second kappa shape index (κ2) is 4.97. The van der Waals surface area contributed by atoms with Gasteiger partial charge in [-0.05, 0) is 36.4 Å². The fourth-order valence-corrected chi connectivity index (χ4v) is 2.13. The molecule has 0 spiro atoms. The van der Waals surface area contributed by atoms with Gasteiger partial charge in [0.2, 0.25) is 0 Å². The Kier molecular flexibility index (Phi) is 3.15. The predicted molar refractivity (Wildman–Crippen MR) is 75.9 cm³/mol. The summed E-state index contributed by atoms with van der Waals surface area (Å²) in [5, 5.41) is 13.2. The summed E-state index contributed by atoms with van der Waals surface area (Å²) in [5.74, 6) is -0.512. The summed E-state index contributed by atoms with van der Waals surface area (Å²) in [6.07, 6.45) is 1.54. The van der Waals surface area contributed by atoms with Crippen LogP contribution in [0.1, 0.15) is 10.5 Å². The van der Waals surface area contributed by atoms with Crippen molar-refractivity contribution < 1.29 is 14.3 Å². The van der Waals surface area contributed by atoms with E-state index >= 15 is 0 Å². The number of nitrogens with zero attached hydrogens (tertiary/aromatic N) is 2. The van der Waals surface area contributed by atoms with E-state index in [1.807, 2.05) is 24.3 Å². The van der Waals surface area contributed by atoms with Crippen LogP contribution in [0.3, 0.4) is 0 Å². The molecule has 0 aliphatic rings. The molecule has 0 unspecified atom stereocenters. The molecule has 20 heavy (non-hydrogen) atoms. The van der Waals surface area contributed by atoms with Crippen LogP contribution in [0.2, 0.25) is 0 Å². The van der Waals surface area contributed by atoms with Crippen LogP contribution in [-0.2, 0) is 0 Å². The number of carboxylic acids is 1. The molecule has 0 saturated carbocycles. The van der Waals surface area contributed by atoms with Gasteiger partial charge in [0.1, 0.15) is 5.69 Å². The molecule has 0 amide bonds. The lowest BCUT2D eigenvalue weighted by Crippen LogP contribution is -2.02. The van der Waals surface area contributed by atoms with E-state index < -0.39 is 5.97 Å². The van der Waals surface area contributed by atoms with E-state index in [9.17, 15) is 4.79 Å². The van der Waals surface area contributed by atoms with Gasteiger partial charge in [0.05, 0.1) is 12.0 Å². The van der Waals surface area contributed by atoms with Gasteiger partial charge in [0, 0.05) is 10.5 Å². The monoisotopic (exact) mass is 332 g/mol. The highest BCUT2D eigenvalue weighted by molar-refractivity contribution is 9.10. The molecule has 0 bridgehead atoms. The minimum Gasteiger partial charge on any atom is -0.476 e. The third-order valence-electron chi connectivity index (χ3n) is 2.77. The predicted octanol–water partition coefficient (Wildman–Crippen LogP) is 3.59. The lowest BCUT2D eigenvalue weighted by Gasteiger charge is -2.05. The second-order valence-electron chi connectivity index (χ2n) is 4.09. The van der Waals surface area contributed by atoms with E-state index in [0.717, 1.165) is 10.2 Å². The van der Waals surface area contributed by atoms with Crippen LogP contribution in [0.15, 0.2) is 57.6 Å². The van der Waals surface area contributed by atoms with Crippen LogP contribution in [0.5, 0.6) is 0 Å². The van der Waals surface area contributed by atoms with Gasteiger partial charge in [-0.25, -0.2) is 9.48 Å². The normalized spacial score (nSPS) is 10.7. The van der Waals surface area contributed by atoms with Gasteiger partial charge in [-0.2, -0.15) is 5.10 Å². The number of carboxylic acid groups (broad SMARTS) is 1. The Labute approximate surface area is 122 Å². The molecule has 6 heteroatoms. The summed E-state index contributed by atoms with van der Waals surface area (Å²) in [6, 6.07) is 12.4. The summed E-state index contributed by atoms with van der Waals surface area (Å²) in [4.78, 5) is 11.1. The highest BCUT2D eigenvalue weighted by atomic mass is 79.9. The molecule has 0 fully saturated rings. The van der Waals surface area contributed by atoms with E-state index in [-0.39, 0.29) is 5.69 Å². The number of benzene rings is 1. The first-order valence-electron chi connectivity index (χ1n) is 5.78. The van der Waals surface area contributed by atoms with Crippen LogP contribution in [0, 0.1) is 0 Å². The lowest BCUT2D eigenvalue weighted by atomic mass is 10.2. The highest BCUT2D eigenvalue weighted by Gasteiger charge is 2.17. The molecular formula is C14H9BrN2O3. The number of hydrogen-bond acceptors (Lipinski definition) is 3. The SMILES string of the molecule is O=C(O)c1cc(-c2ccco2)n(-c2ccc(Br)cc2)n1. The van der Waals surface area contributed by atoms with Crippen molar-refractivity contribution >= 4 is 21.9 Å². The van der Waals surface area contributed by atoms with Crippen molar-refractivity contribution in [2.75, 3.05) is 0 Å². The fourth-order valence-electron chi connectivity index (χ4n) is 1.86. The van der Waals surface area contributed by atoms with Crippen molar-refractivity contribution in [3.63, 3.8) is 0 Å². The zero-order chi connectivity index (χ0) is 14.1. The number of aromatic carboxylic acids is 1. The van der Waals surface area contributed by atoms with Crippen LogP contribution in [-0.4, -0.2) is 20.9 Å². The van der Waals surface area contributed by atoms with Gasteiger partial charge < -0.3 is 9.52 Å². The Hall–Kier alpha value is -2.34. The summed E-state index contributed by atoms with van der Waals surface area (Å²) in [6.45, 7) is 0. The first-order chi connectivity index (χ1) is 9.65. The topological polar surface area (TPSA) is 68.3 Å². The molecule has 0 aliphatic carbocycles. The van der Waals surface area contributed by atoms with Crippen LogP contribution >= 0.6 is 15.9 Å². The van der Waals surface area contributed by atoms with E-state index in [2.05, 4.69) is 21.0 Å². The molecule has 2 aromatic heterocycles. The maximum atomic E-state index is 11.1. The molecule has 2 heterocycles. The Morgan fingerprint density at radius 3 is 2.60 bits per heavy atom. The molecule has 0 saturated heterocycles. The molecule has 0 radical (unpaired) electrons. The maximum Gasteiger partial charge on any atom is 0.356 e. The molecule has 1 aromatic carbocycles. The third kappa shape index (κ3) is 2.25. The zero-order valence-corrected chi connectivity index (χ0v) is 11.7. The van der Waals surface area contributed by atoms with E-state index in [1.54, 1.807) is 16.8 Å². The molecule has 1 N–H and O–H groups in total. The lowest BCUT2D eigenvalue weighted by molar-refractivity contribution is 0.0690. The first-order valence-corrected chi connectivity index (χ1v) is 6.57. The van der Waals surface area contributed by atoms with Gasteiger partial charge in [0.25, 0.3) is 0 Å². The van der Waals surface area contributed by atoms with E-state index in [4.69, 9.17) is 9.52 Å². The summed E-state index contributed by atoms with van der Waals surface area (Å²) in [5.41, 5.74) is 1.32. The Balaban J connectivity index is 2.18. The summed E-state index contributed by atoms with van der Waals surface area (Å²) < 4.78 is 7.82. The largest absolute Gasteiger partial charge is 0.476 e. The number of halogens is 1. The van der Waals surface area contributed by atoms with Crippen molar-refractivity contribution in [3.05, 3.63) is 58.9 Å². The van der Waals surface area contributed by atoms with Gasteiger partial charge in [-0.15, -0.1) is 0 Å². The minimum atomic E-state index is -1.08. The fraction of sp³-hybridized carbons (Fsp3) is 0. The van der Waals surface area contributed by atoms with Gasteiger partial charge in [-0.1, -0.05) is 15.9 Å². The van der Waals surface area contributed by atoms with Gasteiger partial charge in [-0.3, -0.25) is 0 Å². The molecule has 5 nitrogen and oxygen atoms in total. The molecule has 0 atom stereocenters. The van der Waals surface area contributed by atoms with Gasteiger partial charge in [0.15, 0.2) is 11.5 Å². The average Bonchev–Trinajstić information content (AvgIpc) is 3.08. The molecule has 3 aromatic rings. The van der Waals surface area contributed by atoms with Crippen molar-refractivity contribution in [2.24, 2.45) is 0 Å². The molecule has 0 aliphatic heterocycles. The van der Waals surface area contributed by atoms with Crippen molar-refractivity contribution in [3.8, 4) is 17.1 Å². The minimum absolute atomic E-state index is 0.0284. The maximum absolute atomic E-state index is 11.1. The highest BCUT2D eigenvalue weighted by Crippen LogP contribution is 2.25. The number of rotatable bonds is 3. The molecular weight excluding hydrogens is 324 g/mol. The summed E-state index contributed by atoms with van der Waals surface area (Å²) >= 11 is 3.36. The Morgan fingerprint density at radius 2 is 2.00 bits per heavy atom. The zero-order valence-electron chi connectivity index (χ0n) is 10.2. The Bertz CT molecular complexity index is 745. The van der Waals surface area contributed by atoms with Crippen LogP contribution in [0.25, 0.3) is 17.1 Å². The number of aromatic nitrogens is 2. The van der Waals surface area contributed by atoms with Crippen molar-refractivity contribution in [1.29, 1.82) is 0 Å². The van der Waals surface area contributed by atoms with Crippen molar-refractivity contribution in [2.45, 2.75) is 0 Å². The number of furan rings is 1. The van der Waals surface area contributed by atoms with Crippen molar-refractivity contribution in [1.82, 2.24) is 9.78 Å². The van der Waals surface area contributed by atoms with Crippen LogP contribution in [0.4, 0.5) is 0 Å². The first kappa shape index (κ1) is 12.7. The van der Waals surface area contributed by atoms with Crippen LogP contribution < -0.4 is 0 Å². The quantitative estimate of drug-likeness (QED) is 0.795.